The lowest BCUT2D eigenvalue weighted by Crippen LogP contribution is -2.60. The van der Waals surface area contributed by atoms with Gasteiger partial charge in [0.2, 0.25) is 5.91 Å². The minimum atomic E-state index is -0.552. The van der Waals surface area contributed by atoms with Gasteiger partial charge in [0.15, 0.2) is 0 Å². The largest absolute Gasteiger partial charge is 0.456 e. The highest BCUT2D eigenvalue weighted by atomic mass is 32.2. The number of nitro benzene ring substituents is 1. The van der Waals surface area contributed by atoms with Gasteiger partial charge in [0.1, 0.15) is 12.3 Å². The molecule has 1 N–H and O–H groups in total. The van der Waals surface area contributed by atoms with Crippen molar-refractivity contribution in [1.82, 2.24) is 14.9 Å². The second kappa shape index (κ2) is 8.54. The maximum absolute atomic E-state index is 13.0. The lowest BCUT2D eigenvalue weighted by Gasteiger charge is -2.45. The Hall–Kier alpha value is -3.14. The summed E-state index contributed by atoms with van der Waals surface area (Å²) in [7, 11) is 0. The Kier molecular flexibility index (Phi) is 5.81. The van der Waals surface area contributed by atoms with Crippen LogP contribution in [0.4, 0.5) is 5.69 Å². The van der Waals surface area contributed by atoms with Gasteiger partial charge >= 0.3 is 5.97 Å². The quantitative estimate of drug-likeness (QED) is 0.288. The molecule has 0 aliphatic carbocycles. The zero-order chi connectivity index (χ0) is 22.1. The zero-order valence-corrected chi connectivity index (χ0v) is 17.9. The van der Waals surface area contributed by atoms with Gasteiger partial charge in [-0.3, -0.25) is 14.9 Å². The molecule has 1 fully saturated rings. The van der Waals surface area contributed by atoms with Crippen molar-refractivity contribution >= 4 is 29.3 Å². The molecule has 1 aromatic heterocycles. The number of amides is 1. The normalized spacial score (nSPS) is 20.1. The molecule has 10 heteroatoms. The van der Waals surface area contributed by atoms with Crippen LogP contribution in [0.15, 0.2) is 47.4 Å². The number of hydrogen-bond donors (Lipinski definition) is 1. The Morgan fingerprint density at radius 2 is 2.13 bits per heavy atom. The Labute approximate surface area is 183 Å². The van der Waals surface area contributed by atoms with Crippen molar-refractivity contribution < 1.29 is 19.2 Å². The number of nitro groups is 1. The number of aromatic amines is 1. The number of rotatable bonds is 8. The highest BCUT2D eigenvalue weighted by Crippen LogP contribution is 2.48. The predicted octanol–water partition coefficient (Wildman–Crippen LogP) is 3.39. The van der Waals surface area contributed by atoms with Crippen molar-refractivity contribution in [2.24, 2.45) is 11.8 Å². The molecular weight excluding hydrogens is 420 g/mol. The Balaban J connectivity index is 1.49. The van der Waals surface area contributed by atoms with E-state index in [0.29, 0.717) is 23.4 Å². The SMILES string of the molecule is CC(C)C1C(=O)N2C(C(=O)OCc3ccc([N+](=O)[O-])cc3)=C(SCc3cnc[nH]3)CC12. The molecule has 0 saturated carbocycles. The molecule has 1 amide bonds. The van der Waals surface area contributed by atoms with Crippen molar-refractivity contribution in [3.05, 3.63) is 68.8 Å². The fourth-order valence-electron chi connectivity index (χ4n) is 4.01. The summed E-state index contributed by atoms with van der Waals surface area (Å²) in [6, 6.07) is 5.82. The number of esters is 1. The molecule has 2 atom stereocenters. The topological polar surface area (TPSA) is 118 Å². The van der Waals surface area contributed by atoms with E-state index in [4.69, 9.17) is 4.74 Å². The third kappa shape index (κ3) is 4.07. The maximum Gasteiger partial charge on any atom is 0.356 e. The van der Waals surface area contributed by atoms with E-state index in [9.17, 15) is 19.7 Å². The molecule has 2 aliphatic heterocycles. The first kappa shape index (κ1) is 21.1. The van der Waals surface area contributed by atoms with Crippen LogP contribution in [-0.4, -0.2) is 37.7 Å². The van der Waals surface area contributed by atoms with Crippen LogP contribution < -0.4 is 0 Å². The van der Waals surface area contributed by atoms with Gasteiger partial charge in [0.05, 0.1) is 23.2 Å². The van der Waals surface area contributed by atoms with E-state index in [2.05, 4.69) is 9.97 Å². The number of non-ortho nitro benzene ring substituents is 1. The van der Waals surface area contributed by atoms with Crippen molar-refractivity contribution in [2.45, 2.75) is 38.7 Å². The Bertz CT molecular complexity index is 1030. The summed E-state index contributed by atoms with van der Waals surface area (Å²) in [6.45, 7) is 4.00. The van der Waals surface area contributed by atoms with Gasteiger partial charge in [-0.25, -0.2) is 9.78 Å². The van der Waals surface area contributed by atoms with Crippen molar-refractivity contribution in [2.75, 3.05) is 0 Å². The number of nitrogens with zero attached hydrogens (tertiary/aromatic N) is 3. The number of β-lactam (4-membered cyclic amide) rings is 1. The number of imidazole rings is 1. The van der Waals surface area contributed by atoms with E-state index >= 15 is 0 Å². The van der Waals surface area contributed by atoms with E-state index in [1.165, 1.54) is 23.9 Å². The molecule has 1 aromatic carbocycles. The molecule has 162 valence electrons. The number of H-pyrrole nitrogens is 1. The van der Waals surface area contributed by atoms with E-state index in [1.54, 1.807) is 29.6 Å². The summed E-state index contributed by atoms with van der Waals surface area (Å²) in [5.74, 6) is 0.115. The number of aromatic nitrogens is 2. The van der Waals surface area contributed by atoms with E-state index in [-0.39, 0.29) is 36.1 Å². The second-order valence-electron chi connectivity index (χ2n) is 7.89. The molecule has 9 nitrogen and oxygen atoms in total. The second-order valence-corrected chi connectivity index (χ2v) is 8.96. The Morgan fingerprint density at radius 1 is 1.39 bits per heavy atom. The molecule has 0 spiro atoms. The van der Waals surface area contributed by atoms with Crippen LogP contribution in [0.5, 0.6) is 0 Å². The van der Waals surface area contributed by atoms with Crippen molar-refractivity contribution in [1.29, 1.82) is 0 Å². The van der Waals surface area contributed by atoms with Gasteiger partial charge in [0.25, 0.3) is 5.69 Å². The monoisotopic (exact) mass is 442 g/mol. The molecule has 0 radical (unpaired) electrons. The first-order valence-corrected chi connectivity index (χ1v) is 10.9. The van der Waals surface area contributed by atoms with E-state index in [1.807, 2.05) is 13.8 Å². The third-order valence-electron chi connectivity index (χ3n) is 5.55. The molecule has 31 heavy (non-hydrogen) atoms. The number of hydrogen-bond acceptors (Lipinski definition) is 7. The van der Waals surface area contributed by atoms with Gasteiger partial charge in [-0.2, -0.15) is 0 Å². The maximum atomic E-state index is 13.0. The van der Waals surface area contributed by atoms with Gasteiger partial charge in [0, 0.05) is 41.1 Å². The number of nitrogens with one attached hydrogen (secondary N) is 1. The fourth-order valence-corrected chi connectivity index (χ4v) is 5.11. The van der Waals surface area contributed by atoms with Gasteiger partial charge < -0.3 is 14.6 Å². The third-order valence-corrected chi connectivity index (χ3v) is 6.72. The van der Waals surface area contributed by atoms with Crippen molar-refractivity contribution in [3.8, 4) is 0 Å². The molecule has 4 rings (SSSR count). The summed E-state index contributed by atoms with van der Waals surface area (Å²) in [6.07, 6.45) is 3.96. The number of carbonyl (C=O) groups is 2. The smallest absolute Gasteiger partial charge is 0.356 e. The standard InChI is InChI=1S/C21H22N4O5S/c1-12(2)18-16-7-17(31-10-14-8-22-11-23-14)19(24(16)20(18)26)21(27)30-9-13-3-5-15(6-4-13)25(28)29/h3-6,8,11-12,16,18H,7,9-10H2,1-2H3,(H,22,23). The molecule has 2 aromatic rings. The number of ether oxygens (including phenoxy) is 1. The van der Waals surface area contributed by atoms with E-state index < -0.39 is 10.9 Å². The molecular formula is C21H22N4O5S. The lowest BCUT2D eigenvalue weighted by atomic mass is 9.79. The first-order chi connectivity index (χ1) is 14.9. The summed E-state index contributed by atoms with van der Waals surface area (Å²) in [5, 5.41) is 10.8. The summed E-state index contributed by atoms with van der Waals surface area (Å²) < 4.78 is 5.48. The molecule has 3 heterocycles. The molecule has 0 bridgehead atoms. The molecule has 2 aliphatic rings. The van der Waals surface area contributed by atoms with Crippen LogP contribution in [-0.2, 0) is 26.7 Å². The van der Waals surface area contributed by atoms with Gasteiger partial charge in [-0.05, 0) is 23.6 Å². The first-order valence-electron chi connectivity index (χ1n) is 9.93. The highest BCUT2D eigenvalue weighted by Gasteiger charge is 2.56. The average molecular weight is 442 g/mol. The lowest BCUT2D eigenvalue weighted by molar-refractivity contribution is -0.384. The van der Waals surface area contributed by atoms with Gasteiger partial charge in [-0.15, -0.1) is 11.8 Å². The Morgan fingerprint density at radius 3 is 2.74 bits per heavy atom. The minimum Gasteiger partial charge on any atom is -0.456 e. The van der Waals surface area contributed by atoms with Crippen LogP contribution in [0.3, 0.4) is 0 Å². The van der Waals surface area contributed by atoms with Crippen LogP contribution in [0.2, 0.25) is 0 Å². The average Bonchev–Trinajstić information content (AvgIpc) is 3.36. The van der Waals surface area contributed by atoms with Crippen LogP contribution in [0.25, 0.3) is 0 Å². The molecule has 2 unspecified atom stereocenters. The van der Waals surface area contributed by atoms with Crippen molar-refractivity contribution in [3.63, 3.8) is 0 Å². The highest BCUT2D eigenvalue weighted by molar-refractivity contribution is 8.02. The number of carbonyl (C=O) groups excluding carboxylic acids is 2. The van der Waals surface area contributed by atoms with E-state index in [0.717, 1.165) is 10.6 Å². The number of thioether (sulfide) groups is 1. The number of fused-ring (bicyclic) bond motifs is 1. The zero-order valence-electron chi connectivity index (χ0n) is 17.1. The summed E-state index contributed by atoms with van der Waals surface area (Å²) in [4.78, 5) is 45.5. The summed E-state index contributed by atoms with van der Waals surface area (Å²) in [5.41, 5.74) is 1.85. The minimum absolute atomic E-state index is 0.0151. The van der Waals surface area contributed by atoms with Crippen LogP contribution >= 0.6 is 11.8 Å². The summed E-state index contributed by atoms with van der Waals surface area (Å²) >= 11 is 1.51. The van der Waals surface area contributed by atoms with Crippen LogP contribution in [0.1, 0.15) is 31.5 Å². The van der Waals surface area contributed by atoms with Gasteiger partial charge in [-0.1, -0.05) is 13.8 Å². The fraction of sp³-hybridized carbons (Fsp3) is 0.381. The number of benzene rings is 1. The molecule has 1 saturated heterocycles. The van der Waals surface area contributed by atoms with Crippen LogP contribution in [0, 0.1) is 22.0 Å². The predicted molar refractivity (Wildman–Crippen MR) is 113 cm³/mol.